The number of aryl methyl sites for hydroxylation is 1. The largest absolute Gasteiger partial charge is 0.395 e. The van der Waals surface area contributed by atoms with Crippen molar-refractivity contribution in [3.05, 3.63) is 34.9 Å². The Morgan fingerprint density at radius 1 is 1.48 bits per heavy atom. The van der Waals surface area contributed by atoms with Crippen molar-refractivity contribution in [1.82, 2.24) is 5.32 Å². The highest BCUT2D eigenvalue weighted by Gasteiger charge is 2.10. The van der Waals surface area contributed by atoms with Gasteiger partial charge in [-0.2, -0.15) is 11.8 Å². The van der Waals surface area contributed by atoms with Crippen LogP contribution in [0.1, 0.15) is 41.8 Å². The molecule has 0 fully saturated rings. The average Bonchev–Trinajstić information content (AvgIpc) is 2.46. The molecule has 21 heavy (non-hydrogen) atoms. The first-order valence-corrected chi connectivity index (χ1v) is 8.33. The molecule has 0 aliphatic carbocycles. The Kier molecular flexibility index (Phi) is 7.96. The topological polar surface area (TPSA) is 49.3 Å². The molecule has 0 aromatic heterocycles. The number of hydrogen-bond acceptors (Lipinski definition) is 3. The molecule has 0 spiro atoms. The summed E-state index contributed by atoms with van der Waals surface area (Å²) in [6, 6.07) is 5.68. The molecule has 114 valence electrons. The quantitative estimate of drug-likeness (QED) is 0.794. The normalized spacial score (nSPS) is 11.4. The Balaban J connectivity index is 2.70. The van der Waals surface area contributed by atoms with Gasteiger partial charge in [0.15, 0.2) is 0 Å². The van der Waals surface area contributed by atoms with Crippen molar-refractivity contribution in [2.75, 3.05) is 18.1 Å². The van der Waals surface area contributed by atoms with Gasteiger partial charge in [-0.25, -0.2) is 0 Å². The number of carbonyl (C=O) groups excluding carboxylic acids is 1. The number of carbonyl (C=O) groups is 1. The van der Waals surface area contributed by atoms with Crippen LogP contribution in [0.15, 0.2) is 18.2 Å². The number of thioether (sulfide) groups is 1. The van der Waals surface area contributed by atoms with Crippen LogP contribution >= 0.6 is 11.8 Å². The van der Waals surface area contributed by atoms with E-state index in [-0.39, 0.29) is 18.6 Å². The maximum absolute atomic E-state index is 12.2. The summed E-state index contributed by atoms with van der Waals surface area (Å²) >= 11 is 1.82. The molecular weight excluding hydrogens is 282 g/mol. The standard InChI is InChI=1S/C17H23NO2S/c1-4-21-12-14(3)18-17(20)16-9-8-15(13(2)11-16)7-5-6-10-19/h8-9,11,14,19H,4,6,10,12H2,1-3H3,(H,18,20). The van der Waals surface area contributed by atoms with Gasteiger partial charge in [0, 0.05) is 29.3 Å². The highest BCUT2D eigenvalue weighted by Crippen LogP contribution is 2.11. The first kappa shape index (κ1) is 17.6. The third-order valence-electron chi connectivity index (χ3n) is 2.90. The molecule has 0 bridgehead atoms. The molecule has 1 unspecified atom stereocenters. The molecule has 4 heteroatoms. The Labute approximate surface area is 131 Å². The highest BCUT2D eigenvalue weighted by molar-refractivity contribution is 7.99. The lowest BCUT2D eigenvalue weighted by Crippen LogP contribution is -2.34. The summed E-state index contributed by atoms with van der Waals surface area (Å²) in [5, 5.41) is 11.7. The lowest BCUT2D eigenvalue weighted by Gasteiger charge is -2.13. The zero-order valence-corrected chi connectivity index (χ0v) is 13.7. The predicted octanol–water partition coefficient (Wildman–Crippen LogP) is 2.60. The summed E-state index contributed by atoms with van der Waals surface area (Å²) in [4.78, 5) is 12.2. The first-order valence-electron chi connectivity index (χ1n) is 7.17. The van der Waals surface area contributed by atoms with Crippen LogP contribution in [0, 0.1) is 18.8 Å². The lowest BCUT2D eigenvalue weighted by molar-refractivity contribution is 0.0943. The molecule has 0 radical (unpaired) electrons. The summed E-state index contributed by atoms with van der Waals surface area (Å²) in [6.45, 7) is 6.14. The van der Waals surface area contributed by atoms with E-state index in [1.54, 1.807) is 6.07 Å². The number of nitrogens with one attached hydrogen (secondary N) is 1. The maximum Gasteiger partial charge on any atom is 0.251 e. The molecule has 0 heterocycles. The molecule has 1 atom stereocenters. The summed E-state index contributed by atoms with van der Waals surface area (Å²) in [7, 11) is 0. The number of benzene rings is 1. The fraction of sp³-hybridized carbons (Fsp3) is 0.471. The molecule has 0 aliphatic heterocycles. The van der Waals surface area contributed by atoms with Gasteiger partial charge >= 0.3 is 0 Å². The van der Waals surface area contributed by atoms with Crippen LogP contribution in [0.3, 0.4) is 0 Å². The molecule has 0 saturated heterocycles. The molecule has 1 aromatic rings. The second-order valence-electron chi connectivity index (χ2n) is 4.84. The molecular formula is C17H23NO2S. The van der Waals surface area contributed by atoms with Gasteiger partial charge in [-0.3, -0.25) is 4.79 Å². The van der Waals surface area contributed by atoms with Crippen molar-refractivity contribution < 1.29 is 9.90 Å². The predicted molar refractivity (Wildman–Crippen MR) is 89.7 cm³/mol. The molecule has 2 N–H and O–H groups in total. The van der Waals surface area contributed by atoms with Crippen LogP contribution in [0.4, 0.5) is 0 Å². The van der Waals surface area contributed by atoms with Gasteiger partial charge in [0.05, 0.1) is 6.61 Å². The van der Waals surface area contributed by atoms with E-state index < -0.39 is 0 Å². The van der Waals surface area contributed by atoms with Gasteiger partial charge in [0.1, 0.15) is 0 Å². The average molecular weight is 305 g/mol. The fourth-order valence-corrected chi connectivity index (χ4v) is 2.47. The zero-order valence-electron chi connectivity index (χ0n) is 12.9. The number of rotatable bonds is 6. The lowest BCUT2D eigenvalue weighted by atomic mass is 10.0. The van der Waals surface area contributed by atoms with E-state index >= 15 is 0 Å². The molecule has 0 aliphatic rings. The Hall–Kier alpha value is -1.44. The maximum atomic E-state index is 12.2. The van der Waals surface area contributed by atoms with Crippen molar-refractivity contribution >= 4 is 17.7 Å². The van der Waals surface area contributed by atoms with Crippen LogP contribution in [0.2, 0.25) is 0 Å². The van der Waals surface area contributed by atoms with Gasteiger partial charge in [-0.05, 0) is 43.4 Å². The number of amides is 1. The molecule has 1 aromatic carbocycles. The number of aliphatic hydroxyl groups excluding tert-OH is 1. The third kappa shape index (κ3) is 6.24. The fourth-order valence-electron chi connectivity index (χ4n) is 1.80. The minimum atomic E-state index is -0.0443. The van der Waals surface area contributed by atoms with E-state index in [2.05, 4.69) is 24.1 Å². The Morgan fingerprint density at radius 3 is 2.86 bits per heavy atom. The molecule has 0 saturated carbocycles. The first-order chi connectivity index (χ1) is 10.1. The minimum absolute atomic E-state index is 0.0443. The van der Waals surface area contributed by atoms with Crippen LogP contribution < -0.4 is 5.32 Å². The van der Waals surface area contributed by atoms with E-state index in [0.29, 0.717) is 12.0 Å². The van der Waals surface area contributed by atoms with Gasteiger partial charge in [0.25, 0.3) is 5.91 Å². The molecule has 1 amide bonds. The van der Waals surface area contributed by atoms with Crippen molar-refractivity contribution in [3.8, 4) is 11.8 Å². The van der Waals surface area contributed by atoms with E-state index in [0.717, 1.165) is 22.6 Å². The van der Waals surface area contributed by atoms with Crippen molar-refractivity contribution in [2.45, 2.75) is 33.2 Å². The van der Waals surface area contributed by atoms with E-state index in [9.17, 15) is 4.79 Å². The van der Waals surface area contributed by atoms with Crippen LogP contribution in [0.25, 0.3) is 0 Å². The SMILES string of the molecule is CCSCC(C)NC(=O)c1ccc(C#CCCO)c(C)c1. The second kappa shape index (κ2) is 9.49. The summed E-state index contributed by atoms with van der Waals surface area (Å²) in [5.74, 6) is 7.83. The van der Waals surface area contributed by atoms with Gasteiger partial charge in [-0.15, -0.1) is 0 Å². The second-order valence-corrected chi connectivity index (χ2v) is 6.16. The number of hydrogen-bond donors (Lipinski definition) is 2. The summed E-state index contributed by atoms with van der Waals surface area (Å²) < 4.78 is 0. The number of aliphatic hydroxyl groups is 1. The summed E-state index contributed by atoms with van der Waals surface area (Å²) in [6.07, 6.45) is 0.467. The van der Waals surface area contributed by atoms with Gasteiger partial charge < -0.3 is 10.4 Å². The minimum Gasteiger partial charge on any atom is -0.395 e. The molecule has 1 rings (SSSR count). The monoisotopic (exact) mass is 305 g/mol. The molecule has 3 nitrogen and oxygen atoms in total. The Bertz CT molecular complexity index is 531. The van der Waals surface area contributed by atoms with Crippen molar-refractivity contribution in [1.29, 1.82) is 0 Å². The van der Waals surface area contributed by atoms with Crippen molar-refractivity contribution in [2.24, 2.45) is 0 Å². The van der Waals surface area contributed by atoms with Crippen LogP contribution in [-0.4, -0.2) is 35.2 Å². The van der Waals surface area contributed by atoms with Crippen LogP contribution in [-0.2, 0) is 0 Å². The van der Waals surface area contributed by atoms with E-state index in [1.807, 2.05) is 37.7 Å². The smallest absolute Gasteiger partial charge is 0.251 e. The van der Waals surface area contributed by atoms with E-state index in [4.69, 9.17) is 5.11 Å². The van der Waals surface area contributed by atoms with Crippen LogP contribution in [0.5, 0.6) is 0 Å². The van der Waals surface area contributed by atoms with Gasteiger partial charge in [-0.1, -0.05) is 18.8 Å². The highest BCUT2D eigenvalue weighted by atomic mass is 32.2. The van der Waals surface area contributed by atoms with Gasteiger partial charge in [0.2, 0.25) is 0 Å². The Morgan fingerprint density at radius 2 is 2.24 bits per heavy atom. The van der Waals surface area contributed by atoms with E-state index in [1.165, 1.54) is 0 Å². The van der Waals surface area contributed by atoms with Crippen molar-refractivity contribution in [3.63, 3.8) is 0 Å². The summed E-state index contributed by atoms with van der Waals surface area (Å²) in [5.41, 5.74) is 2.53. The zero-order chi connectivity index (χ0) is 15.7. The third-order valence-corrected chi connectivity index (χ3v) is 4.04.